The Morgan fingerprint density at radius 1 is 1.18 bits per heavy atom. The molecule has 1 aliphatic carbocycles. The summed E-state index contributed by atoms with van der Waals surface area (Å²) in [6, 6.07) is 3.35. The number of carbonyl (C=O) groups excluding carboxylic acids is 2. The molecule has 176 valence electrons. The Bertz CT molecular complexity index is 968. The second-order valence-corrected chi connectivity index (χ2v) is 9.79. The van der Waals surface area contributed by atoms with Crippen LogP contribution in [0.15, 0.2) is 41.5 Å². The number of rotatable bonds is 7. The normalized spacial score (nSPS) is 28.9. The van der Waals surface area contributed by atoms with Gasteiger partial charge in [-0.25, -0.2) is 14.8 Å². The molecule has 0 aromatic carbocycles. The summed E-state index contributed by atoms with van der Waals surface area (Å²) in [5, 5.41) is 14.4. The predicted octanol–water partition coefficient (Wildman–Crippen LogP) is 2.24. The zero-order valence-electron chi connectivity index (χ0n) is 18.7. The smallest absolute Gasteiger partial charge is 0.343 e. The highest BCUT2D eigenvalue weighted by atomic mass is 16.6. The van der Waals surface area contributed by atoms with Gasteiger partial charge in [-0.2, -0.15) is 0 Å². The van der Waals surface area contributed by atoms with Crippen molar-refractivity contribution in [2.24, 2.45) is 11.8 Å². The molecule has 9 nitrogen and oxygen atoms in total. The van der Waals surface area contributed by atoms with Crippen LogP contribution in [0.5, 0.6) is 0 Å². The van der Waals surface area contributed by atoms with Gasteiger partial charge in [-0.3, -0.25) is 10.1 Å². The molecule has 6 rings (SSSR count). The van der Waals surface area contributed by atoms with Gasteiger partial charge in [0.15, 0.2) is 18.2 Å². The van der Waals surface area contributed by atoms with Crippen molar-refractivity contribution in [3.05, 3.63) is 42.6 Å². The standard InChI is InChI=1S/C24H30N4O5/c29-21(27-23-25-9-3-10-26-23)15-28-11-6-17(7-12-28)20(14-28)33-22(30)24(31,18-4-1-2-5-18)19-8-13-32-16-19/h3,8-10,13,16-18,20,31H,1-2,4-7,11-12,14-15H2/p+1/t17?,20-,24?,28?/m0/s1. The van der Waals surface area contributed by atoms with Crippen molar-refractivity contribution < 1.29 is 28.3 Å². The summed E-state index contributed by atoms with van der Waals surface area (Å²) < 4.78 is 11.8. The lowest BCUT2D eigenvalue weighted by Gasteiger charge is -2.51. The average Bonchev–Trinajstić information content (AvgIpc) is 3.54. The third kappa shape index (κ3) is 4.27. The van der Waals surface area contributed by atoms with Crippen LogP contribution in [0.3, 0.4) is 0 Å². The highest BCUT2D eigenvalue weighted by Crippen LogP contribution is 2.43. The quantitative estimate of drug-likeness (QED) is 0.486. The first-order valence-corrected chi connectivity index (χ1v) is 11.9. The third-order valence-corrected chi connectivity index (χ3v) is 7.81. The van der Waals surface area contributed by atoms with Crippen molar-refractivity contribution in [3.63, 3.8) is 0 Å². The van der Waals surface area contributed by atoms with E-state index in [0.717, 1.165) is 51.6 Å². The zero-order chi connectivity index (χ0) is 22.9. The summed E-state index contributed by atoms with van der Waals surface area (Å²) in [6.07, 6.45) is 11.1. The summed E-state index contributed by atoms with van der Waals surface area (Å²) in [4.78, 5) is 34.3. The fourth-order valence-electron chi connectivity index (χ4n) is 5.98. The Hall–Kier alpha value is -2.78. The molecular formula is C24H31N4O5+. The Labute approximate surface area is 192 Å². The second kappa shape index (κ2) is 8.87. The predicted molar refractivity (Wildman–Crippen MR) is 118 cm³/mol. The highest BCUT2D eigenvalue weighted by molar-refractivity contribution is 5.89. The van der Waals surface area contributed by atoms with E-state index in [4.69, 9.17) is 9.15 Å². The van der Waals surface area contributed by atoms with E-state index in [2.05, 4.69) is 15.3 Å². The largest absolute Gasteiger partial charge is 0.472 e. The van der Waals surface area contributed by atoms with Crippen molar-refractivity contribution in [1.82, 2.24) is 9.97 Å². The first-order chi connectivity index (χ1) is 16.0. The van der Waals surface area contributed by atoms with Crippen LogP contribution in [-0.2, 0) is 19.9 Å². The number of nitrogens with one attached hydrogen (secondary N) is 1. The van der Waals surface area contributed by atoms with Gasteiger partial charge >= 0.3 is 5.97 Å². The minimum absolute atomic E-state index is 0.146. The van der Waals surface area contributed by atoms with E-state index in [1.165, 1.54) is 12.5 Å². The molecule has 3 saturated heterocycles. The maximum Gasteiger partial charge on any atom is 0.343 e. The molecule has 4 fully saturated rings. The van der Waals surface area contributed by atoms with Gasteiger partial charge in [0.25, 0.3) is 5.91 Å². The summed E-state index contributed by atoms with van der Waals surface area (Å²) in [6.45, 7) is 2.60. The van der Waals surface area contributed by atoms with E-state index in [9.17, 15) is 14.7 Å². The number of aliphatic hydroxyl groups is 1. The van der Waals surface area contributed by atoms with E-state index in [1.807, 2.05) is 0 Å². The van der Waals surface area contributed by atoms with Gasteiger partial charge in [-0.1, -0.05) is 12.8 Å². The molecule has 2 atom stereocenters. The maximum atomic E-state index is 13.4. The second-order valence-electron chi connectivity index (χ2n) is 9.79. The number of piperidine rings is 3. The SMILES string of the molecule is O=C(C[N+]12CCC(CC1)[C@@H](OC(=O)C(O)(c1ccoc1)C1CCCC1)C2)Nc1ncccn1. The molecule has 1 unspecified atom stereocenters. The number of hydrogen-bond donors (Lipinski definition) is 2. The van der Waals surface area contributed by atoms with Gasteiger partial charge < -0.3 is 18.7 Å². The molecule has 2 aromatic rings. The van der Waals surface area contributed by atoms with Crippen LogP contribution in [0.25, 0.3) is 0 Å². The van der Waals surface area contributed by atoms with Gasteiger partial charge in [0.1, 0.15) is 6.54 Å². The van der Waals surface area contributed by atoms with Gasteiger partial charge in [0, 0.05) is 42.6 Å². The van der Waals surface area contributed by atoms with Crippen LogP contribution >= 0.6 is 0 Å². The van der Waals surface area contributed by atoms with Crippen LogP contribution < -0.4 is 5.32 Å². The number of aromatic nitrogens is 2. The number of ether oxygens (including phenoxy) is 1. The van der Waals surface area contributed by atoms with Crippen LogP contribution in [0.4, 0.5) is 5.95 Å². The number of amides is 1. The molecule has 2 bridgehead atoms. The first kappa shape index (κ1) is 22.0. The Balaban J connectivity index is 1.28. The minimum atomic E-state index is -1.69. The Kier molecular flexibility index (Phi) is 5.92. The molecule has 1 amide bonds. The molecule has 2 N–H and O–H groups in total. The fraction of sp³-hybridized carbons (Fsp3) is 0.583. The van der Waals surface area contributed by atoms with Crippen LogP contribution in [0.1, 0.15) is 44.1 Å². The number of fused-ring (bicyclic) bond motifs is 3. The Morgan fingerprint density at radius 2 is 1.91 bits per heavy atom. The minimum Gasteiger partial charge on any atom is -0.472 e. The summed E-state index contributed by atoms with van der Waals surface area (Å²) in [5.41, 5.74) is -1.23. The topological polar surface area (TPSA) is 115 Å². The van der Waals surface area contributed by atoms with Crippen molar-refractivity contribution in [1.29, 1.82) is 0 Å². The highest BCUT2D eigenvalue weighted by Gasteiger charge is 2.53. The molecule has 0 radical (unpaired) electrons. The van der Waals surface area contributed by atoms with E-state index < -0.39 is 11.6 Å². The van der Waals surface area contributed by atoms with Crippen molar-refractivity contribution in [2.75, 3.05) is 31.5 Å². The number of nitrogens with zero attached hydrogens (tertiary/aromatic N) is 3. The van der Waals surface area contributed by atoms with Gasteiger partial charge in [0.05, 0.1) is 25.6 Å². The number of anilines is 1. The first-order valence-electron chi connectivity index (χ1n) is 11.9. The molecule has 33 heavy (non-hydrogen) atoms. The maximum absolute atomic E-state index is 13.4. The molecule has 9 heteroatoms. The summed E-state index contributed by atoms with van der Waals surface area (Å²) >= 11 is 0. The lowest BCUT2D eigenvalue weighted by atomic mass is 9.80. The lowest BCUT2D eigenvalue weighted by molar-refractivity contribution is -0.939. The molecule has 4 aliphatic rings. The van der Waals surface area contributed by atoms with Crippen LogP contribution in [-0.4, -0.2) is 63.7 Å². The third-order valence-electron chi connectivity index (χ3n) is 7.81. The zero-order valence-corrected chi connectivity index (χ0v) is 18.7. The number of furan rings is 1. The summed E-state index contributed by atoms with van der Waals surface area (Å²) in [7, 11) is 0. The van der Waals surface area contributed by atoms with Crippen molar-refractivity contribution in [2.45, 2.75) is 50.2 Å². The van der Waals surface area contributed by atoms with Gasteiger partial charge in [-0.05, 0) is 25.0 Å². The van der Waals surface area contributed by atoms with E-state index in [-0.39, 0.29) is 36.3 Å². The molecule has 5 heterocycles. The molecule has 0 spiro atoms. The van der Waals surface area contributed by atoms with Gasteiger partial charge in [-0.15, -0.1) is 0 Å². The lowest BCUT2D eigenvalue weighted by Crippen LogP contribution is -2.66. The van der Waals surface area contributed by atoms with Crippen molar-refractivity contribution >= 4 is 17.8 Å². The molecular weight excluding hydrogens is 424 g/mol. The average molecular weight is 456 g/mol. The molecule has 2 aromatic heterocycles. The number of quaternary nitrogens is 1. The fourth-order valence-corrected chi connectivity index (χ4v) is 5.98. The van der Waals surface area contributed by atoms with E-state index in [0.29, 0.717) is 16.6 Å². The van der Waals surface area contributed by atoms with Gasteiger partial charge in [0.2, 0.25) is 5.95 Å². The monoisotopic (exact) mass is 455 g/mol. The molecule has 1 saturated carbocycles. The summed E-state index contributed by atoms with van der Waals surface area (Å²) in [5.74, 6) is -0.366. The van der Waals surface area contributed by atoms with E-state index in [1.54, 1.807) is 24.5 Å². The number of hydrogen-bond acceptors (Lipinski definition) is 7. The van der Waals surface area contributed by atoms with Crippen LogP contribution in [0.2, 0.25) is 0 Å². The number of carbonyl (C=O) groups is 2. The Morgan fingerprint density at radius 3 is 2.58 bits per heavy atom. The van der Waals surface area contributed by atoms with Crippen LogP contribution in [0, 0.1) is 11.8 Å². The number of esters is 1. The van der Waals surface area contributed by atoms with Crippen molar-refractivity contribution in [3.8, 4) is 0 Å². The molecule has 3 aliphatic heterocycles. The van der Waals surface area contributed by atoms with E-state index >= 15 is 0 Å².